The van der Waals surface area contributed by atoms with Gasteiger partial charge in [0.25, 0.3) is 5.91 Å². The molecule has 8 rings (SSSR count). The summed E-state index contributed by atoms with van der Waals surface area (Å²) in [7, 11) is 4.63. The van der Waals surface area contributed by atoms with Crippen molar-refractivity contribution in [2.45, 2.75) is 50.1 Å². The lowest BCUT2D eigenvalue weighted by Gasteiger charge is -2.63. The normalized spacial score (nSPS) is 22.8. The monoisotopic (exact) mass is 725 g/mol. The Balaban J connectivity index is 1.03. The Labute approximate surface area is 299 Å². The standard InChI is InChI=1S/C37H38Cl2FN3O7/c1-46-35(45)27-11-30(40)26(12-31(27)43-22-7-8-23(43)15-49-14-22)25-6-4-5-21-13-41(20-50-33(21)25)34(44)32-28(38)9-24(10-29(32)39)42-18-36(19-42)16-37(17-36,47-2)48-3/h4-6,9-12,22-23H,7-8,13-20H2,1-3H3. The molecule has 2 atom stereocenters. The number of carbonyl (C=O) groups excluding carboxylic acids is 2. The number of carbonyl (C=O) groups is 2. The maximum absolute atomic E-state index is 15.9. The number of anilines is 2. The summed E-state index contributed by atoms with van der Waals surface area (Å²) < 4.78 is 44.1. The highest BCUT2D eigenvalue weighted by molar-refractivity contribution is 6.40. The number of para-hydroxylation sites is 1. The van der Waals surface area contributed by atoms with E-state index in [9.17, 15) is 9.59 Å². The minimum atomic E-state index is -0.602. The van der Waals surface area contributed by atoms with Crippen LogP contribution in [0.25, 0.3) is 11.1 Å². The average molecular weight is 727 g/mol. The van der Waals surface area contributed by atoms with Gasteiger partial charge in [0.1, 0.15) is 11.6 Å². The Morgan fingerprint density at radius 1 is 0.940 bits per heavy atom. The number of fused-ring (bicyclic) bond motifs is 3. The molecular formula is C37H38Cl2FN3O7. The molecule has 1 amide bonds. The Kier molecular flexibility index (Phi) is 8.42. The number of ether oxygens (including phenoxy) is 5. The summed E-state index contributed by atoms with van der Waals surface area (Å²) in [6.07, 6.45) is 3.49. The van der Waals surface area contributed by atoms with Crippen LogP contribution in [0.3, 0.4) is 0 Å². The lowest BCUT2D eigenvalue weighted by atomic mass is 9.59. The van der Waals surface area contributed by atoms with E-state index in [0.29, 0.717) is 41.3 Å². The van der Waals surface area contributed by atoms with Crippen molar-refractivity contribution < 1.29 is 37.7 Å². The van der Waals surface area contributed by atoms with Crippen LogP contribution in [-0.4, -0.2) is 89.0 Å². The lowest BCUT2D eigenvalue weighted by Crippen LogP contribution is -2.69. The van der Waals surface area contributed by atoms with E-state index in [1.54, 1.807) is 44.6 Å². The number of hydrogen-bond acceptors (Lipinski definition) is 9. The zero-order valence-corrected chi connectivity index (χ0v) is 29.6. The molecule has 2 unspecified atom stereocenters. The van der Waals surface area contributed by atoms with Crippen LogP contribution in [0.5, 0.6) is 5.75 Å². The van der Waals surface area contributed by atoms with Crippen molar-refractivity contribution in [2.75, 3.05) is 64.2 Å². The fourth-order valence-electron chi connectivity index (χ4n) is 8.63. The first-order valence-corrected chi connectivity index (χ1v) is 17.5. The lowest BCUT2D eigenvalue weighted by molar-refractivity contribution is -0.301. The minimum absolute atomic E-state index is 0.0843. The fourth-order valence-corrected chi connectivity index (χ4v) is 9.27. The van der Waals surface area contributed by atoms with Crippen LogP contribution in [0.4, 0.5) is 15.8 Å². The second-order valence-corrected chi connectivity index (χ2v) is 14.9. The molecule has 13 heteroatoms. The van der Waals surface area contributed by atoms with Crippen molar-refractivity contribution in [1.82, 2.24) is 4.90 Å². The summed E-state index contributed by atoms with van der Waals surface area (Å²) in [5.41, 5.74) is 3.49. The number of rotatable bonds is 7. The van der Waals surface area contributed by atoms with Gasteiger partial charge in [-0.05, 0) is 37.1 Å². The van der Waals surface area contributed by atoms with Crippen molar-refractivity contribution in [1.29, 1.82) is 0 Å². The number of methoxy groups -OCH3 is 3. The van der Waals surface area contributed by atoms with E-state index in [2.05, 4.69) is 9.80 Å². The first kappa shape index (κ1) is 33.5. The molecule has 4 heterocycles. The zero-order chi connectivity index (χ0) is 34.9. The van der Waals surface area contributed by atoms with Crippen molar-refractivity contribution >= 4 is 46.5 Å². The van der Waals surface area contributed by atoms with Gasteiger partial charge in [0.05, 0.1) is 65.8 Å². The molecule has 4 fully saturated rings. The first-order chi connectivity index (χ1) is 24.1. The van der Waals surface area contributed by atoms with Crippen LogP contribution in [0.15, 0.2) is 42.5 Å². The Hall–Kier alpha value is -3.61. The second kappa shape index (κ2) is 12.6. The quantitative estimate of drug-likeness (QED) is 0.199. The summed E-state index contributed by atoms with van der Waals surface area (Å²) in [4.78, 5) is 32.6. The maximum Gasteiger partial charge on any atom is 0.340 e. The van der Waals surface area contributed by atoms with Gasteiger partial charge in [-0.25, -0.2) is 9.18 Å². The third kappa shape index (κ3) is 5.40. The smallest absolute Gasteiger partial charge is 0.340 e. The highest BCUT2D eigenvalue weighted by Crippen LogP contribution is 2.57. The minimum Gasteiger partial charge on any atom is -0.472 e. The maximum atomic E-state index is 15.9. The molecule has 1 saturated carbocycles. The third-order valence-electron chi connectivity index (χ3n) is 11.1. The number of morpholine rings is 1. The number of esters is 1. The van der Waals surface area contributed by atoms with Crippen LogP contribution in [0.2, 0.25) is 10.0 Å². The summed E-state index contributed by atoms with van der Waals surface area (Å²) in [6, 6.07) is 12.1. The van der Waals surface area contributed by atoms with Crippen molar-refractivity contribution in [3.05, 3.63) is 75.0 Å². The molecule has 1 spiro atoms. The molecule has 1 aliphatic carbocycles. The first-order valence-electron chi connectivity index (χ1n) is 16.7. The topological polar surface area (TPSA) is 90.0 Å². The SMILES string of the molecule is COC(=O)c1cc(F)c(-c2cccc3c2OCN(C(=O)c2c(Cl)cc(N4CC5(C4)CC(OC)(OC)C5)cc2Cl)C3)cc1N1C2CCC1COC2. The predicted octanol–water partition coefficient (Wildman–Crippen LogP) is 6.54. The number of halogens is 3. The molecule has 264 valence electrons. The van der Waals surface area contributed by atoms with Crippen LogP contribution < -0.4 is 14.5 Å². The van der Waals surface area contributed by atoms with Gasteiger partial charge in [-0.3, -0.25) is 4.79 Å². The average Bonchev–Trinajstić information content (AvgIpc) is 3.32. The molecule has 3 aromatic carbocycles. The Morgan fingerprint density at radius 3 is 2.26 bits per heavy atom. The molecule has 2 bridgehead atoms. The van der Waals surface area contributed by atoms with E-state index in [-0.39, 0.29) is 57.9 Å². The van der Waals surface area contributed by atoms with Gasteiger partial charge in [-0.1, -0.05) is 41.4 Å². The van der Waals surface area contributed by atoms with E-state index in [0.717, 1.165) is 44.5 Å². The van der Waals surface area contributed by atoms with Gasteiger partial charge in [0.2, 0.25) is 0 Å². The molecule has 0 N–H and O–H groups in total. The predicted molar refractivity (Wildman–Crippen MR) is 186 cm³/mol. The summed E-state index contributed by atoms with van der Waals surface area (Å²) in [5.74, 6) is -1.59. The number of benzene rings is 3. The van der Waals surface area contributed by atoms with E-state index >= 15 is 4.39 Å². The van der Waals surface area contributed by atoms with Gasteiger partial charge in [0, 0.05) is 67.9 Å². The van der Waals surface area contributed by atoms with Gasteiger partial charge >= 0.3 is 5.97 Å². The highest BCUT2D eigenvalue weighted by Gasteiger charge is 2.61. The Morgan fingerprint density at radius 2 is 1.62 bits per heavy atom. The molecule has 5 aliphatic rings. The summed E-state index contributed by atoms with van der Waals surface area (Å²) >= 11 is 13.5. The molecule has 10 nitrogen and oxygen atoms in total. The molecule has 0 aromatic heterocycles. The Bertz CT molecular complexity index is 1830. The van der Waals surface area contributed by atoms with Gasteiger partial charge in [-0.2, -0.15) is 0 Å². The molecule has 50 heavy (non-hydrogen) atoms. The highest BCUT2D eigenvalue weighted by atomic mass is 35.5. The molecule has 0 radical (unpaired) electrons. The molecular weight excluding hydrogens is 688 g/mol. The number of amides is 1. The van der Waals surface area contributed by atoms with Crippen LogP contribution in [-0.2, 0) is 25.5 Å². The molecule has 3 saturated heterocycles. The number of nitrogens with zero attached hydrogens (tertiary/aromatic N) is 3. The van der Waals surface area contributed by atoms with E-state index in [4.69, 9.17) is 46.9 Å². The van der Waals surface area contributed by atoms with E-state index in [1.165, 1.54) is 18.1 Å². The fraction of sp³-hybridized carbons (Fsp3) is 0.459. The van der Waals surface area contributed by atoms with Crippen LogP contribution in [0.1, 0.15) is 52.0 Å². The van der Waals surface area contributed by atoms with Crippen molar-refractivity contribution in [3.8, 4) is 16.9 Å². The van der Waals surface area contributed by atoms with Crippen LogP contribution >= 0.6 is 23.2 Å². The van der Waals surface area contributed by atoms with Crippen molar-refractivity contribution in [3.63, 3.8) is 0 Å². The van der Waals surface area contributed by atoms with Gasteiger partial charge in [0.15, 0.2) is 12.5 Å². The zero-order valence-electron chi connectivity index (χ0n) is 28.1. The summed E-state index contributed by atoms with van der Waals surface area (Å²) in [6.45, 7) is 2.83. The largest absolute Gasteiger partial charge is 0.472 e. The molecule has 3 aromatic rings. The van der Waals surface area contributed by atoms with Crippen LogP contribution in [0, 0.1) is 11.2 Å². The van der Waals surface area contributed by atoms with Crippen molar-refractivity contribution in [2.24, 2.45) is 5.41 Å². The third-order valence-corrected chi connectivity index (χ3v) is 11.7. The summed E-state index contributed by atoms with van der Waals surface area (Å²) in [5, 5.41) is 0.513. The molecule has 4 aliphatic heterocycles. The second-order valence-electron chi connectivity index (χ2n) is 14.1. The van der Waals surface area contributed by atoms with Gasteiger partial charge < -0.3 is 38.4 Å². The number of hydrogen-bond donors (Lipinski definition) is 0. The van der Waals surface area contributed by atoms with Gasteiger partial charge in [-0.15, -0.1) is 0 Å². The van der Waals surface area contributed by atoms with E-state index < -0.39 is 17.6 Å². The van der Waals surface area contributed by atoms with E-state index in [1.807, 2.05) is 6.07 Å².